The summed E-state index contributed by atoms with van der Waals surface area (Å²) in [4.78, 5) is 40.9. The van der Waals surface area contributed by atoms with E-state index in [0.29, 0.717) is 17.2 Å². The quantitative estimate of drug-likeness (QED) is 0.767. The Labute approximate surface area is 174 Å². The average molecular weight is 409 g/mol. The lowest BCUT2D eigenvalue weighted by molar-refractivity contribution is -0.135. The minimum absolute atomic E-state index is 0.178. The third kappa shape index (κ3) is 3.45. The Morgan fingerprint density at radius 1 is 1.13 bits per heavy atom. The molecule has 2 aliphatic heterocycles. The van der Waals surface area contributed by atoms with Gasteiger partial charge in [-0.15, -0.1) is 0 Å². The Balaban J connectivity index is 1.44. The van der Waals surface area contributed by atoms with Crippen LogP contribution in [0.25, 0.3) is 0 Å². The summed E-state index contributed by atoms with van der Waals surface area (Å²) in [7, 11) is 0. The van der Waals surface area contributed by atoms with E-state index in [4.69, 9.17) is 9.47 Å². The summed E-state index contributed by atoms with van der Waals surface area (Å²) >= 11 is 0. The first-order valence-corrected chi connectivity index (χ1v) is 9.76. The van der Waals surface area contributed by atoms with Crippen molar-refractivity contribution in [1.82, 2.24) is 10.2 Å². The second-order valence-electron chi connectivity index (χ2n) is 7.45. The molecule has 0 aromatic heterocycles. The SMILES string of the molecule is Cc1ccc(N2C(=O)N([C@H](C)C(=O)NCc3ccc4c(c3)OCO4)C(=O)[C@H]2C)cc1. The van der Waals surface area contributed by atoms with E-state index in [0.717, 1.165) is 16.0 Å². The third-order valence-corrected chi connectivity index (χ3v) is 5.38. The number of hydrogen-bond acceptors (Lipinski definition) is 5. The number of imide groups is 1. The number of fused-ring (bicyclic) bond motifs is 1. The Morgan fingerprint density at radius 2 is 1.83 bits per heavy atom. The second-order valence-corrected chi connectivity index (χ2v) is 7.45. The molecule has 8 nitrogen and oxygen atoms in total. The lowest BCUT2D eigenvalue weighted by atomic mass is 10.2. The number of anilines is 1. The van der Waals surface area contributed by atoms with Gasteiger partial charge >= 0.3 is 6.03 Å². The van der Waals surface area contributed by atoms with Crippen molar-refractivity contribution in [3.8, 4) is 11.5 Å². The maximum atomic E-state index is 13.0. The zero-order chi connectivity index (χ0) is 21.4. The summed E-state index contributed by atoms with van der Waals surface area (Å²) in [6.07, 6.45) is 0. The van der Waals surface area contributed by atoms with Crippen molar-refractivity contribution >= 4 is 23.5 Å². The molecule has 0 aliphatic carbocycles. The Kier molecular flexibility index (Phi) is 5.07. The minimum Gasteiger partial charge on any atom is -0.454 e. The first-order valence-electron chi connectivity index (χ1n) is 9.76. The number of nitrogens with zero attached hydrogens (tertiary/aromatic N) is 2. The standard InChI is InChI=1S/C22H23N3O5/c1-13-4-7-17(8-5-13)24-15(3)21(27)25(22(24)28)14(2)20(26)23-11-16-6-9-18-19(10-16)30-12-29-18/h4-10,14-15H,11-12H2,1-3H3,(H,23,26)/t14-,15-/m1/s1. The van der Waals surface area contributed by atoms with Gasteiger partial charge < -0.3 is 14.8 Å². The van der Waals surface area contributed by atoms with Gasteiger partial charge in [0.1, 0.15) is 12.1 Å². The van der Waals surface area contributed by atoms with Crippen molar-refractivity contribution in [3.05, 3.63) is 53.6 Å². The number of carbonyl (C=O) groups is 3. The van der Waals surface area contributed by atoms with Gasteiger partial charge in [0.25, 0.3) is 5.91 Å². The van der Waals surface area contributed by atoms with Crippen LogP contribution in [0.15, 0.2) is 42.5 Å². The second kappa shape index (κ2) is 7.70. The highest BCUT2D eigenvalue weighted by atomic mass is 16.7. The van der Waals surface area contributed by atoms with Crippen LogP contribution in [0.2, 0.25) is 0 Å². The Morgan fingerprint density at radius 3 is 2.57 bits per heavy atom. The van der Waals surface area contributed by atoms with Gasteiger partial charge in [-0.05, 0) is 50.6 Å². The van der Waals surface area contributed by atoms with Crippen LogP contribution in [0.3, 0.4) is 0 Å². The van der Waals surface area contributed by atoms with E-state index in [1.807, 2.05) is 25.1 Å². The molecule has 2 aromatic rings. The molecule has 4 rings (SSSR count). The lowest BCUT2D eigenvalue weighted by Gasteiger charge is -2.22. The number of nitrogens with one attached hydrogen (secondary N) is 1. The van der Waals surface area contributed by atoms with E-state index in [1.54, 1.807) is 38.1 Å². The molecule has 30 heavy (non-hydrogen) atoms. The summed E-state index contributed by atoms with van der Waals surface area (Å²) in [6, 6.07) is 10.6. The van der Waals surface area contributed by atoms with Gasteiger partial charge in [0.15, 0.2) is 11.5 Å². The van der Waals surface area contributed by atoms with Crippen molar-refractivity contribution in [2.45, 2.75) is 39.4 Å². The number of ether oxygens (including phenoxy) is 2. The van der Waals surface area contributed by atoms with E-state index in [2.05, 4.69) is 5.32 Å². The summed E-state index contributed by atoms with van der Waals surface area (Å²) in [5.74, 6) is 0.484. The number of urea groups is 1. The normalized spacial score (nSPS) is 18.7. The predicted molar refractivity (Wildman–Crippen MR) is 109 cm³/mol. The molecular formula is C22H23N3O5. The number of rotatable bonds is 5. The number of aryl methyl sites for hydroxylation is 1. The van der Waals surface area contributed by atoms with Crippen LogP contribution in [-0.2, 0) is 16.1 Å². The molecule has 1 fully saturated rings. The average Bonchev–Trinajstić information content (AvgIpc) is 3.29. The number of amides is 4. The largest absolute Gasteiger partial charge is 0.454 e. The van der Waals surface area contributed by atoms with Crippen LogP contribution in [0.1, 0.15) is 25.0 Å². The molecule has 2 aliphatic rings. The highest BCUT2D eigenvalue weighted by molar-refractivity contribution is 6.16. The van der Waals surface area contributed by atoms with Crippen LogP contribution in [0.5, 0.6) is 11.5 Å². The van der Waals surface area contributed by atoms with Gasteiger partial charge in [0.05, 0.1) is 0 Å². The summed E-state index contributed by atoms with van der Waals surface area (Å²) < 4.78 is 10.6. The van der Waals surface area contributed by atoms with Crippen LogP contribution in [0, 0.1) is 6.92 Å². The number of benzene rings is 2. The van der Waals surface area contributed by atoms with E-state index in [9.17, 15) is 14.4 Å². The van der Waals surface area contributed by atoms with E-state index in [-0.39, 0.29) is 13.3 Å². The summed E-state index contributed by atoms with van der Waals surface area (Å²) in [5, 5.41) is 2.78. The predicted octanol–water partition coefficient (Wildman–Crippen LogP) is 2.59. The molecule has 4 amide bonds. The van der Waals surface area contributed by atoms with Crippen LogP contribution < -0.4 is 19.7 Å². The fourth-order valence-electron chi connectivity index (χ4n) is 3.59. The first-order chi connectivity index (χ1) is 14.4. The fourth-order valence-corrected chi connectivity index (χ4v) is 3.59. The lowest BCUT2D eigenvalue weighted by Crippen LogP contribution is -2.48. The van der Waals surface area contributed by atoms with E-state index < -0.39 is 29.9 Å². The van der Waals surface area contributed by atoms with Crippen molar-refractivity contribution in [2.75, 3.05) is 11.7 Å². The molecule has 0 bridgehead atoms. The molecule has 0 unspecified atom stereocenters. The maximum absolute atomic E-state index is 13.0. The van der Waals surface area contributed by atoms with E-state index in [1.165, 1.54) is 4.90 Å². The summed E-state index contributed by atoms with van der Waals surface area (Å²) in [5.41, 5.74) is 2.51. The van der Waals surface area contributed by atoms with Gasteiger partial charge in [0.2, 0.25) is 12.7 Å². The van der Waals surface area contributed by atoms with Crippen molar-refractivity contribution in [2.24, 2.45) is 0 Å². The smallest absolute Gasteiger partial charge is 0.332 e. The number of hydrogen-bond donors (Lipinski definition) is 1. The maximum Gasteiger partial charge on any atom is 0.332 e. The molecular weight excluding hydrogens is 386 g/mol. The molecule has 1 saturated heterocycles. The van der Waals surface area contributed by atoms with Crippen molar-refractivity contribution in [3.63, 3.8) is 0 Å². The fraction of sp³-hybridized carbons (Fsp3) is 0.318. The first kappa shape index (κ1) is 19.8. The van der Waals surface area contributed by atoms with Gasteiger partial charge in [0, 0.05) is 12.2 Å². The molecule has 0 spiro atoms. The van der Waals surface area contributed by atoms with E-state index >= 15 is 0 Å². The molecule has 0 radical (unpaired) electrons. The van der Waals surface area contributed by atoms with Gasteiger partial charge in [-0.1, -0.05) is 23.8 Å². The molecule has 2 aromatic carbocycles. The Hall–Kier alpha value is -3.55. The number of carbonyl (C=O) groups excluding carboxylic acids is 3. The highest BCUT2D eigenvalue weighted by Crippen LogP contribution is 2.32. The van der Waals surface area contributed by atoms with Gasteiger partial charge in [-0.2, -0.15) is 0 Å². The minimum atomic E-state index is -0.933. The topological polar surface area (TPSA) is 88.2 Å². The Bertz CT molecular complexity index is 1000. The van der Waals surface area contributed by atoms with Crippen LogP contribution in [0.4, 0.5) is 10.5 Å². The monoisotopic (exact) mass is 409 g/mol. The van der Waals surface area contributed by atoms with Crippen LogP contribution in [-0.4, -0.2) is 41.6 Å². The molecule has 0 saturated carbocycles. The molecule has 8 heteroatoms. The molecule has 1 N–H and O–H groups in total. The van der Waals surface area contributed by atoms with Crippen molar-refractivity contribution in [1.29, 1.82) is 0 Å². The molecule has 156 valence electrons. The van der Waals surface area contributed by atoms with Gasteiger partial charge in [-0.3, -0.25) is 14.5 Å². The van der Waals surface area contributed by atoms with Crippen LogP contribution >= 0.6 is 0 Å². The zero-order valence-corrected chi connectivity index (χ0v) is 17.0. The zero-order valence-electron chi connectivity index (χ0n) is 17.0. The third-order valence-electron chi connectivity index (χ3n) is 5.38. The van der Waals surface area contributed by atoms with Crippen molar-refractivity contribution < 1.29 is 23.9 Å². The van der Waals surface area contributed by atoms with Gasteiger partial charge in [-0.25, -0.2) is 9.69 Å². The molecule has 2 atom stereocenters. The molecule has 2 heterocycles. The summed E-state index contributed by atoms with van der Waals surface area (Å²) in [6.45, 7) is 5.58. The highest BCUT2D eigenvalue weighted by Gasteiger charge is 2.47.